The molecule has 1 aliphatic heterocycles. The smallest absolute Gasteiger partial charge is 0.299 e. The van der Waals surface area contributed by atoms with Crippen LogP contribution in [0, 0.1) is 0 Å². The Kier molecular flexibility index (Phi) is 3.30. The van der Waals surface area contributed by atoms with Crippen molar-refractivity contribution in [1.82, 2.24) is 5.43 Å². The second-order valence-electron chi connectivity index (χ2n) is 6.58. The highest BCUT2D eigenvalue weighted by Gasteiger charge is 2.52. The van der Waals surface area contributed by atoms with Crippen molar-refractivity contribution in [1.29, 1.82) is 0 Å². The zero-order valence-electron chi connectivity index (χ0n) is 12.1. The van der Waals surface area contributed by atoms with E-state index in [2.05, 4.69) is 28.9 Å². The predicted molar refractivity (Wildman–Crippen MR) is 77.6 cm³/mol. The van der Waals surface area contributed by atoms with Gasteiger partial charge in [0.1, 0.15) is 5.54 Å². The Morgan fingerprint density at radius 3 is 2.65 bits per heavy atom. The van der Waals surface area contributed by atoms with Gasteiger partial charge in [0.2, 0.25) is 0 Å². The lowest BCUT2D eigenvalue weighted by atomic mass is 9.69. The lowest BCUT2D eigenvalue weighted by Gasteiger charge is -2.46. The number of amides is 1. The molecular formula is C16H24N3O+. The molecule has 4 nitrogen and oxygen atoms in total. The van der Waals surface area contributed by atoms with Crippen LogP contribution in [0.1, 0.15) is 50.2 Å². The van der Waals surface area contributed by atoms with Gasteiger partial charge in [0.05, 0.1) is 0 Å². The summed E-state index contributed by atoms with van der Waals surface area (Å²) in [7, 11) is 0. The predicted octanol–water partition coefficient (Wildman–Crippen LogP) is 0.714. The molecule has 1 spiro atoms. The van der Waals surface area contributed by atoms with Crippen LogP contribution in [0.15, 0.2) is 24.3 Å². The van der Waals surface area contributed by atoms with Gasteiger partial charge in [0.15, 0.2) is 5.54 Å². The maximum atomic E-state index is 12.4. The van der Waals surface area contributed by atoms with Gasteiger partial charge in [-0.25, -0.2) is 5.84 Å². The Bertz CT molecular complexity index is 522. The lowest BCUT2D eigenvalue weighted by molar-refractivity contribution is -0.788. The Balaban J connectivity index is 2.07. The number of carbonyl (C=O) groups is 1. The molecule has 1 atom stereocenters. The number of carbonyl (C=O) groups excluding carboxylic acids is 1. The molecule has 4 heteroatoms. The zero-order chi connectivity index (χ0) is 14.2. The molecule has 1 aromatic carbocycles. The Hall–Kier alpha value is -1.39. The number of rotatable bonds is 1. The number of hydrogen-bond donors (Lipinski definition) is 3. The van der Waals surface area contributed by atoms with Gasteiger partial charge in [-0.1, -0.05) is 30.7 Å². The molecule has 5 N–H and O–H groups in total. The molecule has 1 aliphatic carbocycles. The monoisotopic (exact) mass is 274 g/mol. The van der Waals surface area contributed by atoms with Crippen LogP contribution >= 0.6 is 0 Å². The largest absolute Gasteiger partial charge is 0.325 e. The van der Waals surface area contributed by atoms with Gasteiger partial charge in [-0.3, -0.25) is 10.2 Å². The molecule has 1 saturated carbocycles. The summed E-state index contributed by atoms with van der Waals surface area (Å²) < 4.78 is 0. The van der Waals surface area contributed by atoms with Crippen LogP contribution in [0.2, 0.25) is 0 Å². The average molecular weight is 274 g/mol. The lowest BCUT2D eigenvalue weighted by Crippen LogP contribution is -3.08. The fourth-order valence-corrected chi connectivity index (χ4v) is 4.22. The van der Waals surface area contributed by atoms with Gasteiger partial charge >= 0.3 is 0 Å². The first-order valence-corrected chi connectivity index (χ1v) is 7.56. The van der Waals surface area contributed by atoms with E-state index in [4.69, 9.17) is 5.84 Å². The van der Waals surface area contributed by atoms with Crippen LogP contribution in [-0.2, 0) is 16.8 Å². The van der Waals surface area contributed by atoms with Crippen molar-refractivity contribution in [3.63, 3.8) is 0 Å². The number of quaternary nitrogens is 1. The number of benzene rings is 1. The third-order valence-corrected chi connectivity index (χ3v) is 5.17. The number of fused-ring (bicyclic) bond motifs is 1. The van der Waals surface area contributed by atoms with Gasteiger partial charge in [-0.05, 0) is 18.4 Å². The van der Waals surface area contributed by atoms with E-state index in [1.54, 1.807) is 0 Å². The number of hydrazine groups is 1. The number of nitrogens with one attached hydrogen (secondary N) is 1. The van der Waals surface area contributed by atoms with Crippen molar-refractivity contribution < 1.29 is 10.1 Å². The Morgan fingerprint density at radius 1 is 1.25 bits per heavy atom. The third-order valence-electron chi connectivity index (χ3n) is 5.17. The number of nitrogens with two attached hydrogens (primary N) is 2. The summed E-state index contributed by atoms with van der Waals surface area (Å²) >= 11 is 0. The van der Waals surface area contributed by atoms with E-state index in [9.17, 15) is 4.79 Å². The van der Waals surface area contributed by atoms with Crippen LogP contribution < -0.4 is 16.6 Å². The van der Waals surface area contributed by atoms with E-state index in [0.29, 0.717) is 0 Å². The van der Waals surface area contributed by atoms with Crippen molar-refractivity contribution in [3.05, 3.63) is 35.4 Å². The first kappa shape index (κ1) is 13.6. The molecule has 0 bridgehead atoms. The normalized spacial score (nSPS) is 27.9. The molecule has 1 fully saturated rings. The van der Waals surface area contributed by atoms with Gasteiger partial charge in [0.25, 0.3) is 5.91 Å². The van der Waals surface area contributed by atoms with Crippen LogP contribution in [-0.4, -0.2) is 11.4 Å². The quantitative estimate of drug-likeness (QED) is 0.401. The van der Waals surface area contributed by atoms with Crippen molar-refractivity contribution in [2.24, 2.45) is 5.84 Å². The van der Waals surface area contributed by atoms with Crippen molar-refractivity contribution in [2.75, 3.05) is 0 Å². The van der Waals surface area contributed by atoms with E-state index in [0.717, 1.165) is 12.0 Å². The van der Waals surface area contributed by atoms with E-state index in [-0.39, 0.29) is 11.4 Å². The minimum absolute atomic E-state index is 0.102. The average Bonchev–Trinajstić information content (AvgIpc) is 2.47. The fourth-order valence-electron chi connectivity index (χ4n) is 4.22. The van der Waals surface area contributed by atoms with Crippen molar-refractivity contribution in [2.45, 2.75) is 56.5 Å². The molecule has 0 saturated heterocycles. The van der Waals surface area contributed by atoms with Crippen molar-refractivity contribution >= 4 is 5.91 Å². The molecule has 108 valence electrons. The highest BCUT2D eigenvalue weighted by atomic mass is 16.2. The highest BCUT2D eigenvalue weighted by molar-refractivity contribution is 5.85. The van der Waals surface area contributed by atoms with Gasteiger partial charge < -0.3 is 5.32 Å². The first-order valence-electron chi connectivity index (χ1n) is 7.56. The topological polar surface area (TPSA) is 71.7 Å². The SMILES string of the molecule is C[C@]1(C(=O)NN)[NH2+]C2(CCCCC2)Cc2ccccc21. The number of hydrogen-bond acceptors (Lipinski definition) is 2. The first-order chi connectivity index (χ1) is 9.60. The Morgan fingerprint density at radius 2 is 1.95 bits per heavy atom. The second-order valence-corrected chi connectivity index (χ2v) is 6.58. The van der Waals surface area contributed by atoms with Crippen LogP contribution in [0.5, 0.6) is 0 Å². The van der Waals surface area contributed by atoms with E-state index in [1.165, 1.54) is 37.7 Å². The molecule has 20 heavy (non-hydrogen) atoms. The maximum absolute atomic E-state index is 12.4. The molecule has 1 heterocycles. The van der Waals surface area contributed by atoms with Crippen LogP contribution in [0.3, 0.4) is 0 Å². The molecule has 1 aromatic rings. The molecule has 3 rings (SSSR count). The molecule has 0 radical (unpaired) electrons. The fraction of sp³-hybridized carbons (Fsp3) is 0.562. The summed E-state index contributed by atoms with van der Waals surface area (Å²) in [4.78, 5) is 12.4. The summed E-state index contributed by atoms with van der Waals surface area (Å²) in [5, 5.41) is 2.30. The van der Waals surface area contributed by atoms with Crippen molar-refractivity contribution in [3.8, 4) is 0 Å². The van der Waals surface area contributed by atoms with E-state index >= 15 is 0 Å². The molecular weight excluding hydrogens is 250 g/mol. The minimum Gasteiger partial charge on any atom is -0.325 e. The highest BCUT2D eigenvalue weighted by Crippen LogP contribution is 2.36. The molecule has 0 unspecified atom stereocenters. The van der Waals surface area contributed by atoms with E-state index in [1.807, 2.05) is 13.0 Å². The summed E-state index contributed by atoms with van der Waals surface area (Å²) in [5.74, 6) is 5.34. The van der Waals surface area contributed by atoms with Gasteiger partial charge in [-0.2, -0.15) is 0 Å². The minimum atomic E-state index is -0.610. The standard InChI is InChI=1S/C16H23N3O/c1-15(14(20)18-17)13-8-4-3-7-12(13)11-16(19-15)9-5-2-6-10-16/h3-4,7-8,19H,2,5-6,9-11,17H2,1H3,(H,18,20)/p+1/t15-/m0/s1. The maximum Gasteiger partial charge on any atom is 0.299 e. The summed E-state index contributed by atoms with van der Waals surface area (Å²) in [6.07, 6.45) is 7.29. The molecule has 2 aliphatic rings. The molecule has 0 aromatic heterocycles. The van der Waals surface area contributed by atoms with Gasteiger partial charge in [0, 0.05) is 31.7 Å². The summed E-state index contributed by atoms with van der Waals surface area (Å²) in [5.41, 5.74) is 4.35. The summed E-state index contributed by atoms with van der Waals surface area (Å²) in [6, 6.07) is 8.31. The molecule has 1 amide bonds. The zero-order valence-corrected chi connectivity index (χ0v) is 12.1. The summed E-state index contributed by atoms with van der Waals surface area (Å²) in [6.45, 7) is 2.00. The Labute approximate surface area is 120 Å². The van der Waals surface area contributed by atoms with Gasteiger partial charge in [-0.15, -0.1) is 0 Å². The van der Waals surface area contributed by atoms with Crippen LogP contribution in [0.25, 0.3) is 0 Å². The third kappa shape index (κ3) is 2.03. The van der Waals surface area contributed by atoms with Crippen LogP contribution in [0.4, 0.5) is 0 Å². The second kappa shape index (κ2) is 4.86. The van der Waals surface area contributed by atoms with E-state index < -0.39 is 5.54 Å².